The molecular formula is C21H16Cl2O. The predicted octanol–water partition coefficient (Wildman–Crippen LogP) is 6.40. The zero-order valence-corrected chi connectivity index (χ0v) is 14.4. The number of carbonyl (C=O) groups excluding carboxylic acids is 1. The summed E-state index contributed by atoms with van der Waals surface area (Å²) in [6.07, 6.45) is 13.8. The maximum Gasteiger partial charge on any atom is 0.178 e. The van der Waals surface area contributed by atoms with E-state index in [1.54, 1.807) is 24.3 Å². The summed E-state index contributed by atoms with van der Waals surface area (Å²) in [5.74, 6) is -0.0820. The van der Waals surface area contributed by atoms with E-state index in [4.69, 9.17) is 23.2 Å². The van der Waals surface area contributed by atoms with Gasteiger partial charge in [0.15, 0.2) is 5.78 Å². The smallest absolute Gasteiger partial charge is 0.178 e. The normalized spacial score (nSPS) is 12.1. The monoisotopic (exact) mass is 354 g/mol. The van der Waals surface area contributed by atoms with Gasteiger partial charge in [-0.25, -0.2) is 0 Å². The van der Waals surface area contributed by atoms with Gasteiger partial charge >= 0.3 is 0 Å². The lowest BCUT2D eigenvalue weighted by atomic mass is 10.2. The van der Waals surface area contributed by atoms with Gasteiger partial charge in [0.1, 0.15) is 0 Å². The summed E-state index contributed by atoms with van der Waals surface area (Å²) in [6, 6.07) is 15.0. The molecule has 0 fully saturated rings. The number of rotatable bonds is 6. The fraction of sp³-hybridized carbons (Fsp3) is 0. The van der Waals surface area contributed by atoms with Gasteiger partial charge in [0.2, 0.25) is 0 Å². The van der Waals surface area contributed by atoms with Crippen molar-refractivity contribution in [3.63, 3.8) is 0 Å². The minimum Gasteiger partial charge on any atom is -0.290 e. The van der Waals surface area contributed by atoms with Crippen molar-refractivity contribution in [2.24, 2.45) is 0 Å². The van der Waals surface area contributed by atoms with Gasteiger partial charge in [0.05, 0.1) is 0 Å². The van der Waals surface area contributed by atoms with E-state index in [2.05, 4.69) is 0 Å². The summed E-state index contributed by atoms with van der Waals surface area (Å²) in [4.78, 5) is 11.7. The van der Waals surface area contributed by atoms with E-state index in [0.717, 1.165) is 11.1 Å². The summed E-state index contributed by atoms with van der Waals surface area (Å²) in [5, 5.41) is 1.37. The Bertz CT molecular complexity index is 747. The Morgan fingerprint density at radius 1 is 0.708 bits per heavy atom. The standard InChI is InChI=1S/C21H16Cl2O/c22-19-11-5-9-17(15-19)7-1-3-13-21(24)14-4-2-8-18-10-6-12-20(23)16-18/h1-16H. The van der Waals surface area contributed by atoms with E-state index in [0.29, 0.717) is 10.0 Å². The molecule has 0 aliphatic heterocycles. The molecule has 1 nitrogen and oxygen atoms in total. The Hall–Kier alpha value is -2.35. The van der Waals surface area contributed by atoms with Gasteiger partial charge < -0.3 is 0 Å². The largest absolute Gasteiger partial charge is 0.290 e. The maximum atomic E-state index is 11.7. The second-order valence-corrected chi connectivity index (χ2v) is 5.82. The number of hydrogen-bond acceptors (Lipinski definition) is 1. The number of allylic oxidation sites excluding steroid dienone is 6. The summed E-state index contributed by atoms with van der Waals surface area (Å²) in [7, 11) is 0. The second-order valence-electron chi connectivity index (χ2n) is 4.95. The molecule has 0 unspecified atom stereocenters. The van der Waals surface area contributed by atoms with Crippen molar-refractivity contribution in [2.75, 3.05) is 0 Å². The van der Waals surface area contributed by atoms with Crippen molar-refractivity contribution in [3.05, 3.63) is 106 Å². The van der Waals surface area contributed by atoms with Gasteiger partial charge in [-0.05, 0) is 47.5 Å². The first-order chi connectivity index (χ1) is 11.6. The number of halogens is 2. The van der Waals surface area contributed by atoms with Crippen molar-refractivity contribution < 1.29 is 4.79 Å². The van der Waals surface area contributed by atoms with Gasteiger partial charge in [0, 0.05) is 10.0 Å². The molecule has 0 spiro atoms. The average Bonchev–Trinajstić information content (AvgIpc) is 2.56. The van der Waals surface area contributed by atoms with Crippen molar-refractivity contribution >= 4 is 41.1 Å². The molecule has 2 aromatic rings. The van der Waals surface area contributed by atoms with Crippen LogP contribution in [0.4, 0.5) is 0 Å². The molecule has 0 aliphatic rings. The van der Waals surface area contributed by atoms with Crippen LogP contribution >= 0.6 is 23.2 Å². The first kappa shape index (κ1) is 18.0. The lowest BCUT2D eigenvalue weighted by Gasteiger charge is -1.92. The third-order valence-corrected chi connectivity index (χ3v) is 3.49. The van der Waals surface area contributed by atoms with Gasteiger partial charge in [-0.15, -0.1) is 0 Å². The Balaban J connectivity index is 1.84. The van der Waals surface area contributed by atoms with Crippen molar-refractivity contribution in [1.82, 2.24) is 0 Å². The van der Waals surface area contributed by atoms with Gasteiger partial charge in [0.25, 0.3) is 0 Å². The van der Waals surface area contributed by atoms with E-state index in [-0.39, 0.29) is 5.78 Å². The Morgan fingerprint density at radius 3 is 1.58 bits per heavy atom. The molecule has 2 rings (SSSR count). The minimum absolute atomic E-state index is 0.0820. The number of carbonyl (C=O) groups is 1. The lowest BCUT2D eigenvalue weighted by molar-refractivity contribution is -0.110. The Kier molecular flexibility index (Phi) is 7.28. The molecular weight excluding hydrogens is 339 g/mol. The fourth-order valence-corrected chi connectivity index (χ4v) is 2.31. The van der Waals surface area contributed by atoms with Crippen LogP contribution in [0.3, 0.4) is 0 Å². The number of hydrogen-bond donors (Lipinski definition) is 0. The lowest BCUT2D eigenvalue weighted by Crippen LogP contribution is -1.82. The minimum atomic E-state index is -0.0820. The molecule has 0 saturated carbocycles. The highest BCUT2D eigenvalue weighted by atomic mass is 35.5. The van der Waals surface area contributed by atoms with E-state index >= 15 is 0 Å². The van der Waals surface area contributed by atoms with E-state index < -0.39 is 0 Å². The van der Waals surface area contributed by atoms with Crippen molar-refractivity contribution in [3.8, 4) is 0 Å². The fourth-order valence-electron chi connectivity index (χ4n) is 1.91. The van der Waals surface area contributed by atoms with E-state index in [1.165, 1.54) is 12.2 Å². The molecule has 0 bridgehead atoms. The second kappa shape index (κ2) is 9.71. The first-order valence-corrected chi connectivity index (χ1v) is 8.14. The highest BCUT2D eigenvalue weighted by molar-refractivity contribution is 6.31. The molecule has 24 heavy (non-hydrogen) atoms. The van der Waals surface area contributed by atoms with Crippen LogP contribution < -0.4 is 0 Å². The zero-order chi connectivity index (χ0) is 17.2. The molecule has 3 heteroatoms. The predicted molar refractivity (Wildman–Crippen MR) is 104 cm³/mol. The third kappa shape index (κ3) is 6.82. The molecule has 0 aromatic heterocycles. The summed E-state index contributed by atoms with van der Waals surface area (Å²) >= 11 is 11.8. The molecule has 0 heterocycles. The van der Waals surface area contributed by atoms with Gasteiger partial charge in [-0.2, -0.15) is 0 Å². The summed E-state index contributed by atoms with van der Waals surface area (Å²) in [6.45, 7) is 0. The molecule has 0 aliphatic carbocycles. The van der Waals surface area contributed by atoms with Crippen molar-refractivity contribution in [1.29, 1.82) is 0 Å². The van der Waals surface area contributed by atoms with E-state index in [9.17, 15) is 4.79 Å². The van der Waals surface area contributed by atoms with Crippen LogP contribution in [-0.2, 0) is 4.79 Å². The van der Waals surface area contributed by atoms with Gasteiger partial charge in [-0.1, -0.05) is 83.9 Å². The Morgan fingerprint density at radius 2 is 1.17 bits per heavy atom. The number of benzene rings is 2. The van der Waals surface area contributed by atoms with Crippen LogP contribution in [0, 0.1) is 0 Å². The molecule has 2 aromatic carbocycles. The topological polar surface area (TPSA) is 17.1 Å². The highest BCUT2D eigenvalue weighted by Crippen LogP contribution is 2.12. The quantitative estimate of drug-likeness (QED) is 0.433. The molecule has 0 atom stereocenters. The Labute approximate surface area is 152 Å². The van der Waals surface area contributed by atoms with Crippen molar-refractivity contribution in [2.45, 2.75) is 0 Å². The van der Waals surface area contributed by atoms with Crippen LogP contribution in [0.25, 0.3) is 12.2 Å². The summed E-state index contributed by atoms with van der Waals surface area (Å²) in [5.41, 5.74) is 1.97. The zero-order valence-electron chi connectivity index (χ0n) is 12.9. The van der Waals surface area contributed by atoms with Crippen LogP contribution in [0.5, 0.6) is 0 Å². The molecule has 0 N–H and O–H groups in total. The maximum absolute atomic E-state index is 11.7. The molecule has 0 radical (unpaired) electrons. The SMILES string of the molecule is O=C(C=CC=Cc1cccc(Cl)c1)C=CC=Cc1cccc(Cl)c1. The van der Waals surface area contributed by atoms with Gasteiger partial charge in [-0.3, -0.25) is 4.79 Å². The average molecular weight is 355 g/mol. The van der Waals surface area contributed by atoms with Crippen LogP contribution in [-0.4, -0.2) is 5.78 Å². The summed E-state index contributed by atoms with van der Waals surface area (Å²) < 4.78 is 0. The number of ketones is 1. The highest BCUT2D eigenvalue weighted by Gasteiger charge is 1.89. The third-order valence-electron chi connectivity index (χ3n) is 3.02. The molecule has 120 valence electrons. The molecule has 0 saturated heterocycles. The van der Waals surface area contributed by atoms with Crippen LogP contribution in [0.1, 0.15) is 11.1 Å². The van der Waals surface area contributed by atoms with Crippen LogP contribution in [0.15, 0.2) is 85.0 Å². The van der Waals surface area contributed by atoms with E-state index in [1.807, 2.05) is 60.7 Å². The molecule has 0 amide bonds. The van der Waals surface area contributed by atoms with Crippen LogP contribution in [0.2, 0.25) is 10.0 Å². The first-order valence-electron chi connectivity index (χ1n) is 7.38.